The summed E-state index contributed by atoms with van der Waals surface area (Å²) in [5.41, 5.74) is 0.171. The van der Waals surface area contributed by atoms with Crippen molar-refractivity contribution >= 4 is 24.0 Å². The van der Waals surface area contributed by atoms with Crippen LogP contribution in [0.5, 0.6) is 0 Å². The van der Waals surface area contributed by atoms with Gasteiger partial charge in [0.15, 0.2) is 6.04 Å². The lowest BCUT2D eigenvalue weighted by Crippen LogP contribution is -2.38. The summed E-state index contributed by atoms with van der Waals surface area (Å²) in [5, 5.41) is 9.09. The maximum absolute atomic E-state index is 13.3. The average Bonchev–Trinajstić information content (AvgIpc) is 2.28. The van der Waals surface area contributed by atoms with Gasteiger partial charge in [-0.1, -0.05) is 17.7 Å². The summed E-state index contributed by atoms with van der Waals surface area (Å²) in [7, 11) is 0. The highest BCUT2D eigenvalue weighted by molar-refractivity contribution is 6.30. The number of hydrogen-bond acceptors (Lipinski definition) is 2. The number of amides is 1. The standard InChI is InChI=1S/C12H13ClFNO3/c1-7(2)15(6-16)11(12(17)18)8-3-4-9(13)10(14)5-8/h3-7,11H,1-2H3,(H,17,18). The molecule has 0 aliphatic carbocycles. The SMILES string of the molecule is CC(C)N(C=O)C(C(=O)O)c1ccc(Cl)c(F)c1. The van der Waals surface area contributed by atoms with Gasteiger partial charge in [-0.2, -0.15) is 0 Å². The van der Waals surface area contributed by atoms with Crippen LogP contribution in [0.4, 0.5) is 4.39 Å². The molecule has 0 aromatic heterocycles. The Kier molecular flexibility index (Phi) is 4.67. The Morgan fingerprint density at radius 1 is 1.50 bits per heavy atom. The number of hydrogen-bond donors (Lipinski definition) is 1. The van der Waals surface area contributed by atoms with E-state index in [9.17, 15) is 19.1 Å². The number of carbonyl (C=O) groups excluding carboxylic acids is 1. The summed E-state index contributed by atoms with van der Waals surface area (Å²) in [6.07, 6.45) is 0.440. The van der Waals surface area contributed by atoms with Crippen LogP contribution < -0.4 is 0 Å². The van der Waals surface area contributed by atoms with Crippen LogP contribution in [0, 0.1) is 5.82 Å². The lowest BCUT2D eigenvalue weighted by atomic mass is 10.0. The molecule has 4 nitrogen and oxygen atoms in total. The van der Waals surface area contributed by atoms with E-state index in [0.717, 1.165) is 11.0 Å². The number of nitrogens with zero attached hydrogens (tertiary/aromatic N) is 1. The molecular formula is C12H13ClFNO3. The van der Waals surface area contributed by atoms with E-state index in [0.29, 0.717) is 6.41 Å². The molecule has 0 aliphatic heterocycles. The van der Waals surface area contributed by atoms with Crippen LogP contribution in [0.1, 0.15) is 25.5 Å². The maximum Gasteiger partial charge on any atom is 0.331 e. The highest BCUT2D eigenvalue weighted by atomic mass is 35.5. The van der Waals surface area contributed by atoms with E-state index in [1.807, 2.05) is 0 Å². The van der Waals surface area contributed by atoms with Crippen molar-refractivity contribution in [2.24, 2.45) is 0 Å². The van der Waals surface area contributed by atoms with Gasteiger partial charge in [0.05, 0.1) is 5.02 Å². The number of carbonyl (C=O) groups is 2. The van der Waals surface area contributed by atoms with E-state index in [2.05, 4.69) is 0 Å². The number of benzene rings is 1. The van der Waals surface area contributed by atoms with Crippen LogP contribution in [0.25, 0.3) is 0 Å². The first-order chi connectivity index (χ1) is 8.38. The van der Waals surface area contributed by atoms with Crippen LogP contribution in [0.3, 0.4) is 0 Å². The van der Waals surface area contributed by atoms with E-state index < -0.39 is 17.8 Å². The van der Waals surface area contributed by atoms with Gasteiger partial charge >= 0.3 is 5.97 Å². The first-order valence-corrected chi connectivity index (χ1v) is 5.66. The number of aliphatic carboxylic acids is 1. The first-order valence-electron chi connectivity index (χ1n) is 5.29. The minimum atomic E-state index is -1.23. The topological polar surface area (TPSA) is 57.6 Å². The first kappa shape index (κ1) is 14.4. The van der Waals surface area contributed by atoms with Gasteiger partial charge in [0.1, 0.15) is 5.82 Å². The Morgan fingerprint density at radius 3 is 2.50 bits per heavy atom. The number of carboxylic acids is 1. The Balaban J connectivity index is 3.23. The van der Waals surface area contributed by atoms with Gasteiger partial charge in [0.25, 0.3) is 0 Å². The fourth-order valence-electron chi connectivity index (χ4n) is 1.61. The van der Waals surface area contributed by atoms with E-state index in [4.69, 9.17) is 11.6 Å². The van der Waals surface area contributed by atoms with Crippen molar-refractivity contribution in [1.82, 2.24) is 4.90 Å². The van der Waals surface area contributed by atoms with Gasteiger partial charge < -0.3 is 10.0 Å². The molecule has 6 heteroatoms. The van der Waals surface area contributed by atoms with Gasteiger partial charge in [0, 0.05) is 6.04 Å². The van der Waals surface area contributed by atoms with Gasteiger partial charge in [-0.15, -0.1) is 0 Å². The molecule has 1 rings (SSSR count). The van der Waals surface area contributed by atoms with Crippen LogP contribution in [-0.2, 0) is 9.59 Å². The molecule has 0 aliphatic rings. The van der Waals surface area contributed by atoms with E-state index >= 15 is 0 Å². The van der Waals surface area contributed by atoms with Crippen molar-refractivity contribution in [3.8, 4) is 0 Å². The van der Waals surface area contributed by atoms with Crippen molar-refractivity contribution < 1.29 is 19.1 Å². The van der Waals surface area contributed by atoms with Crippen LogP contribution in [-0.4, -0.2) is 28.4 Å². The summed E-state index contributed by atoms with van der Waals surface area (Å²) in [6.45, 7) is 3.35. The van der Waals surface area contributed by atoms with Gasteiger partial charge in [0.2, 0.25) is 6.41 Å². The molecule has 98 valence electrons. The normalized spacial score (nSPS) is 12.3. The second-order valence-corrected chi connectivity index (χ2v) is 4.47. The smallest absolute Gasteiger partial charge is 0.331 e. The highest BCUT2D eigenvalue weighted by Crippen LogP contribution is 2.25. The Bertz CT molecular complexity index is 465. The molecule has 1 aromatic carbocycles. The van der Waals surface area contributed by atoms with E-state index in [1.165, 1.54) is 12.1 Å². The third kappa shape index (κ3) is 2.98. The summed E-state index contributed by atoms with van der Waals surface area (Å²) in [6, 6.07) is 2.14. The number of halogens is 2. The van der Waals surface area contributed by atoms with Crippen LogP contribution >= 0.6 is 11.6 Å². The molecule has 0 radical (unpaired) electrons. The molecule has 0 fully saturated rings. The molecule has 1 atom stereocenters. The largest absolute Gasteiger partial charge is 0.479 e. The molecule has 18 heavy (non-hydrogen) atoms. The zero-order valence-corrected chi connectivity index (χ0v) is 10.7. The minimum Gasteiger partial charge on any atom is -0.479 e. The average molecular weight is 274 g/mol. The second-order valence-electron chi connectivity index (χ2n) is 4.06. The molecule has 0 bridgehead atoms. The minimum absolute atomic E-state index is 0.0925. The van der Waals surface area contributed by atoms with Crippen molar-refractivity contribution in [3.63, 3.8) is 0 Å². The Morgan fingerprint density at radius 2 is 2.11 bits per heavy atom. The Hall–Kier alpha value is -1.62. The molecule has 1 amide bonds. The molecule has 0 saturated heterocycles. The quantitative estimate of drug-likeness (QED) is 0.839. The monoisotopic (exact) mass is 273 g/mol. The predicted molar refractivity (Wildman–Crippen MR) is 64.8 cm³/mol. The molecule has 0 spiro atoms. The zero-order valence-electron chi connectivity index (χ0n) is 9.93. The molecule has 0 heterocycles. The predicted octanol–water partition coefficient (Wildman–Crippen LogP) is 2.47. The lowest BCUT2D eigenvalue weighted by Gasteiger charge is -2.28. The lowest BCUT2D eigenvalue weighted by molar-refractivity contribution is -0.148. The molecule has 1 N–H and O–H groups in total. The molecule has 1 unspecified atom stereocenters. The molecular weight excluding hydrogens is 261 g/mol. The third-order valence-corrected chi connectivity index (χ3v) is 2.82. The highest BCUT2D eigenvalue weighted by Gasteiger charge is 2.28. The summed E-state index contributed by atoms with van der Waals surface area (Å²) in [5.74, 6) is -1.94. The Labute approximate surface area is 109 Å². The van der Waals surface area contributed by atoms with Gasteiger partial charge in [-0.3, -0.25) is 4.79 Å². The number of rotatable bonds is 5. The molecule has 0 saturated carbocycles. The van der Waals surface area contributed by atoms with E-state index in [1.54, 1.807) is 13.8 Å². The molecule has 1 aromatic rings. The summed E-state index contributed by atoms with van der Waals surface area (Å²) in [4.78, 5) is 23.3. The van der Waals surface area contributed by atoms with Crippen LogP contribution in [0.15, 0.2) is 18.2 Å². The third-order valence-electron chi connectivity index (χ3n) is 2.51. The number of carboxylic acid groups (broad SMARTS) is 1. The fourth-order valence-corrected chi connectivity index (χ4v) is 1.72. The van der Waals surface area contributed by atoms with Crippen molar-refractivity contribution in [2.75, 3.05) is 0 Å². The summed E-state index contributed by atoms with van der Waals surface area (Å²) >= 11 is 5.54. The van der Waals surface area contributed by atoms with Crippen molar-refractivity contribution in [3.05, 3.63) is 34.6 Å². The second kappa shape index (κ2) is 5.82. The van der Waals surface area contributed by atoms with E-state index in [-0.39, 0.29) is 16.6 Å². The maximum atomic E-state index is 13.3. The zero-order chi connectivity index (χ0) is 13.9. The fraction of sp³-hybridized carbons (Fsp3) is 0.333. The summed E-state index contributed by atoms with van der Waals surface area (Å²) < 4.78 is 13.3. The van der Waals surface area contributed by atoms with Crippen molar-refractivity contribution in [1.29, 1.82) is 0 Å². The van der Waals surface area contributed by atoms with Crippen LogP contribution in [0.2, 0.25) is 5.02 Å². The van der Waals surface area contributed by atoms with Gasteiger partial charge in [-0.05, 0) is 31.5 Å². The van der Waals surface area contributed by atoms with Crippen molar-refractivity contribution in [2.45, 2.75) is 25.9 Å². The van der Waals surface area contributed by atoms with Gasteiger partial charge in [-0.25, -0.2) is 9.18 Å².